The van der Waals surface area contributed by atoms with Gasteiger partial charge in [-0.05, 0) is 43.9 Å². The number of carbonyl (C=O) groups excluding carboxylic acids is 1. The van der Waals surface area contributed by atoms with E-state index in [4.69, 9.17) is 0 Å². The standard InChI is InChI=1S/C19H29N3O3S/c1-3-4-16-5-9-18(10-6-16)26(24,25)22-13-11-21(12-14-22)15(2)19(23)20-17-7-8-17/h5-6,9-10,15,17H,3-4,7-8,11-14H2,1-2H3,(H,20,23)/p+1/t15-/m1/s1. The van der Waals surface area contributed by atoms with Crippen molar-refractivity contribution in [3.05, 3.63) is 29.8 Å². The van der Waals surface area contributed by atoms with Gasteiger partial charge in [-0.2, -0.15) is 4.31 Å². The van der Waals surface area contributed by atoms with Crippen molar-refractivity contribution in [2.75, 3.05) is 26.2 Å². The summed E-state index contributed by atoms with van der Waals surface area (Å²) in [7, 11) is -3.45. The maximum atomic E-state index is 12.9. The van der Waals surface area contributed by atoms with E-state index in [1.54, 1.807) is 16.4 Å². The predicted octanol–water partition coefficient (Wildman–Crippen LogP) is 0.195. The molecule has 3 rings (SSSR count). The summed E-state index contributed by atoms with van der Waals surface area (Å²) in [5.41, 5.74) is 1.16. The molecule has 0 bridgehead atoms. The number of rotatable bonds is 7. The molecule has 1 atom stereocenters. The lowest BCUT2D eigenvalue weighted by Crippen LogP contribution is -3.19. The van der Waals surface area contributed by atoms with Gasteiger partial charge in [-0.15, -0.1) is 0 Å². The maximum Gasteiger partial charge on any atom is 0.278 e. The third-order valence-electron chi connectivity index (χ3n) is 5.39. The molecule has 2 fully saturated rings. The smallest absolute Gasteiger partial charge is 0.278 e. The largest absolute Gasteiger partial charge is 0.348 e. The number of aryl methyl sites for hydroxylation is 1. The third kappa shape index (κ3) is 4.45. The summed E-state index contributed by atoms with van der Waals surface area (Å²) in [5.74, 6) is 0.0883. The molecule has 0 spiro atoms. The molecule has 26 heavy (non-hydrogen) atoms. The Hall–Kier alpha value is -1.44. The number of carbonyl (C=O) groups is 1. The second-order valence-corrected chi connectivity index (χ2v) is 9.40. The zero-order chi connectivity index (χ0) is 18.7. The molecule has 1 aromatic carbocycles. The third-order valence-corrected chi connectivity index (χ3v) is 7.31. The van der Waals surface area contributed by atoms with E-state index in [2.05, 4.69) is 12.2 Å². The van der Waals surface area contributed by atoms with Crippen LogP contribution in [0.15, 0.2) is 29.2 Å². The zero-order valence-electron chi connectivity index (χ0n) is 15.7. The minimum atomic E-state index is -3.45. The molecule has 1 aliphatic carbocycles. The van der Waals surface area contributed by atoms with Crippen LogP contribution in [0.4, 0.5) is 0 Å². The zero-order valence-corrected chi connectivity index (χ0v) is 16.5. The lowest BCUT2D eigenvalue weighted by molar-refractivity contribution is -0.917. The first-order valence-electron chi connectivity index (χ1n) is 9.66. The van der Waals surface area contributed by atoms with E-state index in [0.717, 1.165) is 36.1 Å². The molecule has 2 N–H and O–H groups in total. The molecule has 1 aliphatic heterocycles. The number of nitrogens with one attached hydrogen (secondary N) is 2. The number of hydrogen-bond acceptors (Lipinski definition) is 3. The van der Waals surface area contributed by atoms with E-state index in [1.165, 1.54) is 0 Å². The van der Waals surface area contributed by atoms with Gasteiger partial charge in [0.05, 0.1) is 31.1 Å². The summed E-state index contributed by atoms with van der Waals surface area (Å²) in [6, 6.07) is 7.47. The van der Waals surface area contributed by atoms with E-state index in [0.29, 0.717) is 37.1 Å². The molecule has 6 nitrogen and oxygen atoms in total. The lowest BCUT2D eigenvalue weighted by atomic mass is 10.1. The first-order chi connectivity index (χ1) is 12.4. The fourth-order valence-corrected chi connectivity index (χ4v) is 4.89. The number of hydrogen-bond donors (Lipinski definition) is 2. The first kappa shape index (κ1) is 19.3. The molecule has 1 saturated carbocycles. The summed E-state index contributed by atoms with van der Waals surface area (Å²) >= 11 is 0. The lowest BCUT2D eigenvalue weighted by Gasteiger charge is -2.34. The second kappa shape index (κ2) is 8.06. The highest BCUT2D eigenvalue weighted by molar-refractivity contribution is 7.89. The maximum absolute atomic E-state index is 12.9. The number of quaternary nitrogens is 1. The van der Waals surface area contributed by atoms with Crippen molar-refractivity contribution < 1.29 is 18.1 Å². The molecular weight excluding hydrogens is 350 g/mol. The van der Waals surface area contributed by atoms with Crippen LogP contribution in [-0.4, -0.2) is 56.9 Å². The predicted molar refractivity (Wildman–Crippen MR) is 101 cm³/mol. The van der Waals surface area contributed by atoms with E-state index in [-0.39, 0.29) is 11.9 Å². The van der Waals surface area contributed by atoms with E-state index >= 15 is 0 Å². The fourth-order valence-electron chi connectivity index (χ4n) is 3.45. The molecule has 1 aromatic rings. The average Bonchev–Trinajstić information content (AvgIpc) is 3.46. The fraction of sp³-hybridized carbons (Fsp3) is 0.632. The number of piperazine rings is 1. The van der Waals surface area contributed by atoms with E-state index in [9.17, 15) is 13.2 Å². The Morgan fingerprint density at radius 2 is 1.85 bits per heavy atom. The van der Waals surface area contributed by atoms with Crippen LogP contribution < -0.4 is 10.2 Å². The molecule has 1 saturated heterocycles. The minimum Gasteiger partial charge on any atom is -0.348 e. The second-order valence-electron chi connectivity index (χ2n) is 7.46. The van der Waals surface area contributed by atoms with E-state index in [1.807, 2.05) is 19.1 Å². The number of benzene rings is 1. The van der Waals surface area contributed by atoms with Crippen molar-refractivity contribution >= 4 is 15.9 Å². The SMILES string of the molecule is CCCc1ccc(S(=O)(=O)N2CC[NH+]([C@H](C)C(=O)NC3CC3)CC2)cc1. The molecule has 2 aliphatic rings. The van der Waals surface area contributed by atoms with Gasteiger partial charge in [-0.3, -0.25) is 4.79 Å². The Bertz CT molecular complexity index is 721. The summed E-state index contributed by atoms with van der Waals surface area (Å²) in [5, 5.41) is 3.04. The number of nitrogens with zero attached hydrogens (tertiary/aromatic N) is 1. The molecular formula is C19H30N3O3S+. The molecule has 1 heterocycles. The van der Waals surface area contributed by atoms with Crippen LogP contribution >= 0.6 is 0 Å². The van der Waals surface area contributed by atoms with Gasteiger partial charge in [-0.1, -0.05) is 25.5 Å². The molecule has 1 amide bonds. The van der Waals surface area contributed by atoms with Crippen LogP contribution in [0.3, 0.4) is 0 Å². The van der Waals surface area contributed by atoms with Gasteiger partial charge in [0, 0.05) is 6.04 Å². The van der Waals surface area contributed by atoms with Crippen molar-refractivity contribution in [1.82, 2.24) is 9.62 Å². The van der Waals surface area contributed by atoms with Crippen molar-refractivity contribution in [3.63, 3.8) is 0 Å². The minimum absolute atomic E-state index is 0.0883. The van der Waals surface area contributed by atoms with Crippen molar-refractivity contribution in [1.29, 1.82) is 0 Å². The van der Waals surface area contributed by atoms with Gasteiger partial charge in [0.25, 0.3) is 5.91 Å². The van der Waals surface area contributed by atoms with Gasteiger partial charge in [-0.25, -0.2) is 8.42 Å². The van der Waals surface area contributed by atoms with E-state index < -0.39 is 10.0 Å². The normalized spacial score (nSPS) is 20.7. The monoisotopic (exact) mass is 380 g/mol. The highest BCUT2D eigenvalue weighted by atomic mass is 32.2. The summed E-state index contributed by atoms with van der Waals surface area (Å²) in [4.78, 5) is 13.7. The number of amides is 1. The summed E-state index contributed by atoms with van der Waals surface area (Å²) in [6.45, 7) is 6.27. The van der Waals surface area contributed by atoms with Crippen molar-refractivity contribution in [2.45, 2.75) is 56.5 Å². The Morgan fingerprint density at radius 3 is 2.38 bits per heavy atom. The Balaban J connectivity index is 1.58. The van der Waals surface area contributed by atoms with Crippen LogP contribution in [0.1, 0.15) is 38.7 Å². The Morgan fingerprint density at radius 1 is 1.23 bits per heavy atom. The molecule has 7 heteroatoms. The van der Waals surface area contributed by atoms with Gasteiger partial charge in [0.1, 0.15) is 0 Å². The summed E-state index contributed by atoms with van der Waals surface area (Å²) in [6.07, 6.45) is 4.17. The van der Waals surface area contributed by atoms with Crippen LogP contribution in [0.2, 0.25) is 0 Å². The summed E-state index contributed by atoms with van der Waals surface area (Å²) < 4.78 is 27.3. The van der Waals surface area contributed by atoms with Gasteiger partial charge in [0.2, 0.25) is 10.0 Å². The van der Waals surface area contributed by atoms with Crippen LogP contribution in [0.25, 0.3) is 0 Å². The Kier molecular flexibility index (Phi) is 5.99. The van der Waals surface area contributed by atoms with Crippen LogP contribution in [0.5, 0.6) is 0 Å². The molecule has 0 radical (unpaired) electrons. The quantitative estimate of drug-likeness (QED) is 0.710. The van der Waals surface area contributed by atoms with Gasteiger partial charge >= 0.3 is 0 Å². The van der Waals surface area contributed by atoms with Crippen molar-refractivity contribution in [2.24, 2.45) is 0 Å². The molecule has 144 valence electrons. The topological polar surface area (TPSA) is 70.9 Å². The number of sulfonamides is 1. The highest BCUT2D eigenvalue weighted by Gasteiger charge is 2.35. The van der Waals surface area contributed by atoms with Crippen molar-refractivity contribution in [3.8, 4) is 0 Å². The van der Waals surface area contributed by atoms with Gasteiger partial charge < -0.3 is 10.2 Å². The molecule has 0 unspecified atom stereocenters. The van der Waals surface area contributed by atoms with Crippen LogP contribution in [0, 0.1) is 0 Å². The van der Waals surface area contributed by atoms with Gasteiger partial charge in [0.15, 0.2) is 6.04 Å². The highest BCUT2D eigenvalue weighted by Crippen LogP contribution is 2.19. The first-order valence-corrected chi connectivity index (χ1v) is 11.1. The van der Waals surface area contributed by atoms with Crippen LogP contribution in [-0.2, 0) is 21.2 Å². The Labute approximate surface area is 156 Å². The average molecular weight is 381 g/mol. The molecule has 0 aromatic heterocycles.